The Morgan fingerprint density at radius 2 is 2.23 bits per heavy atom. The highest BCUT2D eigenvalue weighted by molar-refractivity contribution is 5.97. The third-order valence-electron chi connectivity index (χ3n) is 1.83. The SMILES string of the molecule is NCC(=O)c1cccc(CCO)c1. The Labute approximate surface area is 77.2 Å². The highest BCUT2D eigenvalue weighted by atomic mass is 16.2. The van der Waals surface area contributed by atoms with Gasteiger partial charge in [0.05, 0.1) is 6.54 Å². The first-order valence-electron chi connectivity index (χ1n) is 4.21. The highest BCUT2D eigenvalue weighted by Gasteiger charge is 2.02. The summed E-state index contributed by atoms with van der Waals surface area (Å²) < 4.78 is 0. The van der Waals surface area contributed by atoms with Gasteiger partial charge in [0.15, 0.2) is 5.78 Å². The first-order chi connectivity index (χ1) is 6.27. The first-order valence-corrected chi connectivity index (χ1v) is 4.21. The lowest BCUT2D eigenvalue weighted by atomic mass is 10.1. The molecule has 0 atom stereocenters. The normalized spacial score (nSPS) is 10.0. The molecule has 3 heteroatoms. The molecule has 13 heavy (non-hydrogen) atoms. The van der Waals surface area contributed by atoms with E-state index in [0.29, 0.717) is 12.0 Å². The van der Waals surface area contributed by atoms with Gasteiger partial charge in [-0.3, -0.25) is 4.79 Å². The van der Waals surface area contributed by atoms with Crippen molar-refractivity contribution in [2.45, 2.75) is 6.42 Å². The van der Waals surface area contributed by atoms with Crippen LogP contribution in [0.5, 0.6) is 0 Å². The van der Waals surface area contributed by atoms with Crippen LogP contribution in [0.2, 0.25) is 0 Å². The first kappa shape index (κ1) is 9.89. The van der Waals surface area contributed by atoms with Crippen molar-refractivity contribution in [1.82, 2.24) is 0 Å². The maximum absolute atomic E-state index is 11.2. The van der Waals surface area contributed by atoms with Gasteiger partial charge in [0.1, 0.15) is 0 Å². The van der Waals surface area contributed by atoms with E-state index in [1.807, 2.05) is 6.07 Å². The van der Waals surface area contributed by atoms with Crippen LogP contribution in [0.25, 0.3) is 0 Å². The molecule has 1 aromatic rings. The molecule has 0 aliphatic carbocycles. The molecule has 0 unspecified atom stereocenters. The van der Waals surface area contributed by atoms with Gasteiger partial charge in [0, 0.05) is 12.2 Å². The van der Waals surface area contributed by atoms with E-state index in [-0.39, 0.29) is 18.9 Å². The lowest BCUT2D eigenvalue weighted by molar-refractivity contribution is 0.100. The number of Topliss-reactive ketones (excluding diaryl/α,β-unsaturated/α-hetero) is 1. The van der Waals surface area contributed by atoms with Gasteiger partial charge < -0.3 is 10.8 Å². The van der Waals surface area contributed by atoms with Crippen LogP contribution in [0.4, 0.5) is 0 Å². The Hall–Kier alpha value is -1.19. The minimum absolute atomic E-state index is 0.0303. The van der Waals surface area contributed by atoms with Gasteiger partial charge in [-0.15, -0.1) is 0 Å². The molecule has 0 aliphatic heterocycles. The van der Waals surface area contributed by atoms with Gasteiger partial charge in [-0.05, 0) is 18.1 Å². The van der Waals surface area contributed by atoms with Crippen molar-refractivity contribution in [2.24, 2.45) is 5.73 Å². The molecule has 1 aromatic carbocycles. The van der Waals surface area contributed by atoms with E-state index in [0.717, 1.165) is 5.56 Å². The summed E-state index contributed by atoms with van der Waals surface area (Å²) in [7, 11) is 0. The number of ketones is 1. The summed E-state index contributed by atoms with van der Waals surface area (Å²) in [6.45, 7) is 0.128. The van der Waals surface area contributed by atoms with Crippen LogP contribution < -0.4 is 5.73 Å². The van der Waals surface area contributed by atoms with Crippen molar-refractivity contribution in [3.63, 3.8) is 0 Å². The zero-order valence-electron chi connectivity index (χ0n) is 7.36. The molecule has 3 nitrogen and oxygen atoms in total. The Kier molecular flexibility index (Phi) is 3.61. The number of rotatable bonds is 4. The molecular formula is C10H13NO2. The summed E-state index contributed by atoms with van der Waals surface area (Å²) in [5.41, 5.74) is 6.81. The molecule has 0 aliphatic rings. The van der Waals surface area contributed by atoms with E-state index >= 15 is 0 Å². The topological polar surface area (TPSA) is 63.3 Å². The molecule has 0 heterocycles. The van der Waals surface area contributed by atoms with Crippen molar-refractivity contribution in [3.05, 3.63) is 35.4 Å². The predicted molar refractivity (Wildman–Crippen MR) is 50.6 cm³/mol. The second-order valence-corrected chi connectivity index (χ2v) is 2.80. The average Bonchev–Trinajstić information content (AvgIpc) is 2.18. The Balaban J connectivity index is 2.85. The van der Waals surface area contributed by atoms with Gasteiger partial charge in [0.2, 0.25) is 0 Å². The lowest BCUT2D eigenvalue weighted by Crippen LogP contribution is -2.13. The van der Waals surface area contributed by atoms with Crippen molar-refractivity contribution in [3.8, 4) is 0 Å². The maximum atomic E-state index is 11.2. The van der Waals surface area contributed by atoms with Crippen molar-refractivity contribution < 1.29 is 9.90 Å². The summed E-state index contributed by atoms with van der Waals surface area (Å²) >= 11 is 0. The van der Waals surface area contributed by atoms with Crippen LogP contribution >= 0.6 is 0 Å². The third kappa shape index (κ3) is 2.65. The third-order valence-corrected chi connectivity index (χ3v) is 1.83. The standard InChI is InChI=1S/C10H13NO2/c11-7-10(13)9-3-1-2-8(6-9)4-5-12/h1-3,6,12H,4-5,7,11H2. The van der Waals surface area contributed by atoms with Crippen molar-refractivity contribution >= 4 is 5.78 Å². The Morgan fingerprint density at radius 1 is 1.46 bits per heavy atom. The van der Waals surface area contributed by atoms with Crippen LogP contribution in [0.15, 0.2) is 24.3 Å². The second kappa shape index (κ2) is 4.74. The van der Waals surface area contributed by atoms with E-state index < -0.39 is 0 Å². The van der Waals surface area contributed by atoms with E-state index in [9.17, 15) is 4.79 Å². The van der Waals surface area contributed by atoms with Crippen molar-refractivity contribution in [1.29, 1.82) is 0 Å². The van der Waals surface area contributed by atoms with E-state index in [2.05, 4.69) is 0 Å². The molecule has 70 valence electrons. The number of carbonyl (C=O) groups is 1. The van der Waals surface area contributed by atoms with E-state index in [4.69, 9.17) is 10.8 Å². The molecule has 0 saturated heterocycles. The molecule has 0 spiro atoms. The molecule has 0 bridgehead atoms. The monoisotopic (exact) mass is 179 g/mol. The smallest absolute Gasteiger partial charge is 0.176 e. The van der Waals surface area contributed by atoms with Crippen LogP contribution in [0.1, 0.15) is 15.9 Å². The molecule has 0 saturated carbocycles. The number of aliphatic hydroxyl groups excluding tert-OH is 1. The number of hydrogen-bond donors (Lipinski definition) is 2. The summed E-state index contributed by atoms with van der Waals surface area (Å²) in [6, 6.07) is 7.18. The van der Waals surface area contributed by atoms with Gasteiger partial charge in [-0.25, -0.2) is 0 Å². The molecule has 0 aromatic heterocycles. The summed E-state index contributed by atoms with van der Waals surface area (Å²) in [5.74, 6) is -0.0696. The zero-order valence-corrected chi connectivity index (χ0v) is 7.36. The van der Waals surface area contributed by atoms with E-state index in [1.165, 1.54) is 0 Å². The van der Waals surface area contributed by atoms with Gasteiger partial charge >= 0.3 is 0 Å². The fourth-order valence-corrected chi connectivity index (χ4v) is 1.15. The largest absolute Gasteiger partial charge is 0.396 e. The summed E-state index contributed by atoms with van der Waals surface area (Å²) in [5, 5.41) is 8.70. The van der Waals surface area contributed by atoms with Crippen molar-refractivity contribution in [2.75, 3.05) is 13.2 Å². The lowest BCUT2D eigenvalue weighted by Gasteiger charge is -2.01. The summed E-state index contributed by atoms with van der Waals surface area (Å²) in [6.07, 6.45) is 0.575. The van der Waals surface area contributed by atoms with E-state index in [1.54, 1.807) is 18.2 Å². The quantitative estimate of drug-likeness (QED) is 0.656. The average molecular weight is 179 g/mol. The maximum Gasteiger partial charge on any atom is 0.176 e. The molecule has 0 amide bonds. The van der Waals surface area contributed by atoms with Crippen LogP contribution in [0.3, 0.4) is 0 Å². The number of hydrogen-bond acceptors (Lipinski definition) is 3. The number of benzene rings is 1. The Morgan fingerprint density at radius 3 is 2.85 bits per heavy atom. The fraction of sp³-hybridized carbons (Fsp3) is 0.300. The zero-order chi connectivity index (χ0) is 9.68. The van der Waals surface area contributed by atoms with Gasteiger partial charge in [-0.1, -0.05) is 18.2 Å². The minimum atomic E-state index is -0.0696. The summed E-state index contributed by atoms with van der Waals surface area (Å²) in [4.78, 5) is 11.2. The van der Waals surface area contributed by atoms with Crippen LogP contribution in [-0.2, 0) is 6.42 Å². The fourth-order valence-electron chi connectivity index (χ4n) is 1.15. The molecule has 0 fully saturated rings. The molecule has 0 radical (unpaired) electrons. The van der Waals surface area contributed by atoms with Gasteiger partial charge in [0.25, 0.3) is 0 Å². The van der Waals surface area contributed by atoms with Crippen LogP contribution in [-0.4, -0.2) is 24.0 Å². The molecule has 1 rings (SSSR count). The predicted octanol–water partition coefficient (Wildman–Crippen LogP) is 0.363. The Bertz CT molecular complexity index is 297. The number of carbonyl (C=O) groups excluding carboxylic acids is 1. The number of nitrogens with two attached hydrogens (primary N) is 1. The second-order valence-electron chi connectivity index (χ2n) is 2.80. The minimum Gasteiger partial charge on any atom is -0.396 e. The van der Waals surface area contributed by atoms with Gasteiger partial charge in [-0.2, -0.15) is 0 Å². The van der Waals surface area contributed by atoms with Crippen LogP contribution in [0, 0.1) is 0 Å². The molecule has 3 N–H and O–H groups in total. The number of aliphatic hydroxyl groups is 1. The molecular weight excluding hydrogens is 166 g/mol. The highest BCUT2D eigenvalue weighted by Crippen LogP contribution is 2.06.